The molecule has 0 saturated carbocycles. The molecule has 1 N–H and O–H groups in total. The quantitative estimate of drug-likeness (QED) is 0.562. The first-order valence-electron chi connectivity index (χ1n) is 10.1. The molecule has 6 nitrogen and oxygen atoms in total. The largest absolute Gasteiger partial charge is 0.321 e. The number of aryl methyl sites for hydroxylation is 1. The third kappa shape index (κ3) is 5.15. The number of nitrogens with one attached hydrogen (secondary N) is 1. The molecule has 1 saturated heterocycles. The predicted octanol–water partition coefficient (Wildman–Crippen LogP) is 3.97. The lowest BCUT2D eigenvalue weighted by Crippen LogP contribution is -2.35. The first-order chi connectivity index (χ1) is 14.4. The fourth-order valence-electron chi connectivity index (χ4n) is 3.35. The van der Waals surface area contributed by atoms with E-state index in [1.165, 1.54) is 28.1 Å². The molecule has 156 valence electrons. The molecular weight excluding hydrogens is 398 g/mol. The molecule has 7 heteroatoms. The summed E-state index contributed by atoms with van der Waals surface area (Å²) >= 11 is 0. The third-order valence-corrected chi connectivity index (χ3v) is 7.00. The Morgan fingerprint density at radius 1 is 1.13 bits per heavy atom. The molecule has 0 aliphatic carbocycles. The Hall–Kier alpha value is -2.95. The number of piperidine rings is 1. The highest BCUT2D eigenvalue weighted by Crippen LogP contribution is 2.23. The lowest BCUT2D eigenvalue weighted by molar-refractivity contribution is -0.112. The van der Waals surface area contributed by atoms with E-state index in [0.29, 0.717) is 18.8 Å². The molecule has 0 unspecified atom stereocenters. The molecule has 2 aromatic carbocycles. The van der Waals surface area contributed by atoms with Crippen molar-refractivity contribution in [2.75, 3.05) is 18.4 Å². The van der Waals surface area contributed by atoms with Crippen LogP contribution in [0, 0.1) is 11.3 Å². The molecule has 2 aromatic rings. The molecule has 0 aromatic heterocycles. The van der Waals surface area contributed by atoms with Crippen molar-refractivity contribution in [3.63, 3.8) is 0 Å². The van der Waals surface area contributed by atoms with Gasteiger partial charge in [-0.05, 0) is 54.7 Å². The van der Waals surface area contributed by atoms with E-state index >= 15 is 0 Å². The molecule has 3 rings (SSSR count). The van der Waals surface area contributed by atoms with Gasteiger partial charge in [-0.3, -0.25) is 4.79 Å². The summed E-state index contributed by atoms with van der Waals surface area (Å²) in [6.07, 6.45) is 5.17. The van der Waals surface area contributed by atoms with Crippen LogP contribution in [0.5, 0.6) is 0 Å². The van der Waals surface area contributed by atoms with Crippen molar-refractivity contribution in [2.24, 2.45) is 0 Å². The maximum absolute atomic E-state index is 12.9. The molecule has 0 radical (unpaired) electrons. The van der Waals surface area contributed by atoms with E-state index in [4.69, 9.17) is 0 Å². The van der Waals surface area contributed by atoms with Crippen LogP contribution in [0.3, 0.4) is 0 Å². The predicted molar refractivity (Wildman–Crippen MR) is 117 cm³/mol. The fourth-order valence-corrected chi connectivity index (χ4v) is 4.92. The summed E-state index contributed by atoms with van der Waals surface area (Å²) in [7, 11) is -3.60. The van der Waals surface area contributed by atoms with Crippen LogP contribution in [0.2, 0.25) is 0 Å². The van der Waals surface area contributed by atoms with Crippen molar-refractivity contribution < 1.29 is 13.2 Å². The van der Waals surface area contributed by atoms with Crippen molar-refractivity contribution in [3.8, 4) is 6.07 Å². The van der Waals surface area contributed by atoms with Crippen LogP contribution in [0.15, 0.2) is 59.0 Å². The molecular formula is C23H25N3O3S. The molecule has 0 atom stereocenters. The number of amides is 1. The van der Waals surface area contributed by atoms with E-state index in [-0.39, 0.29) is 10.5 Å². The van der Waals surface area contributed by atoms with Crippen molar-refractivity contribution in [2.45, 2.75) is 37.5 Å². The Kier molecular flexibility index (Phi) is 7.03. The average Bonchev–Trinajstić information content (AvgIpc) is 2.78. The van der Waals surface area contributed by atoms with E-state index in [1.807, 2.05) is 30.3 Å². The van der Waals surface area contributed by atoms with Gasteiger partial charge in [-0.15, -0.1) is 0 Å². The molecule has 1 aliphatic rings. The van der Waals surface area contributed by atoms with Crippen LogP contribution < -0.4 is 5.32 Å². The number of nitrogens with zero attached hydrogens (tertiary/aromatic N) is 2. The highest BCUT2D eigenvalue weighted by molar-refractivity contribution is 7.89. The van der Waals surface area contributed by atoms with Gasteiger partial charge in [0.2, 0.25) is 10.0 Å². The summed E-state index contributed by atoms with van der Waals surface area (Å²) < 4.78 is 27.2. The number of hydrogen-bond donors (Lipinski definition) is 1. The number of anilines is 1. The highest BCUT2D eigenvalue weighted by Gasteiger charge is 2.26. The fraction of sp³-hybridized carbons (Fsp3) is 0.304. The minimum absolute atomic E-state index is 0.0523. The van der Waals surface area contributed by atoms with Gasteiger partial charge < -0.3 is 5.32 Å². The molecule has 30 heavy (non-hydrogen) atoms. The van der Waals surface area contributed by atoms with Gasteiger partial charge in [-0.1, -0.05) is 43.7 Å². The minimum Gasteiger partial charge on any atom is -0.321 e. The van der Waals surface area contributed by atoms with Crippen molar-refractivity contribution in [1.29, 1.82) is 5.26 Å². The number of carbonyl (C=O) groups is 1. The zero-order valence-electron chi connectivity index (χ0n) is 17.0. The van der Waals surface area contributed by atoms with Gasteiger partial charge in [-0.25, -0.2) is 8.42 Å². The van der Waals surface area contributed by atoms with Gasteiger partial charge >= 0.3 is 0 Å². The van der Waals surface area contributed by atoms with Crippen molar-refractivity contribution in [1.82, 2.24) is 4.31 Å². The zero-order valence-corrected chi connectivity index (χ0v) is 17.8. The lowest BCUT2D eigenvalue weighted by Gasteiger charge is -2.26. The van der Waals surface area contributed by atoms with Crippen LogP contribution >= 0.6 is 0 Å². The number of rotatable bonds is 6. The number of nitriles is 1. The Balaban J connectivity index is 1.78. The smallest absolute Gasteiger partial charge is 0.266 e. The van der Waals surface area contributed by atoms with Crippen LogP contribution in [0.4, 0.5) is 5.69 Å². The number of hydrogen-bond acceptors (Lipinski definition) is 4. The Morgan fingerprint density at radius 3 is 2.47 bits per heavy atom. The van der Waals surface area contributed by atoms with E-state index in [0.717, 1.165) is 31.2 Å². The SMILES string of the molecule is CCc1ccc(/C=C(\C#N)C(=O)Nc2cccc(S(=O)(=O)N3CCCCC3)c2)cc1. The summed E-state index contributed by atoms with van der Waals surface area (Å²) in [5, 5.41) is 12.0. The van der Waals surface area contributed by atoms with Crippen LogP contribution in [0.1, 0.15) is 37.3 Å². The maximum Gasteiger partial charge on any atom is 0.266 e. The van der Waals surface area contributed by atoms with Gasteiger partial charge in [-0.2, -0.15) is 9.57 Å². The molecule has 1 aliphatic heterocycles. The molecule has 0 bridgehead atoms. The summed E-state index contributed by atoms with van der Waals surface area (Å²) in [5.74, 6) is -0.579. The van der Waals surface area contributed by atoms with Gasteiger partial charge in [0.25, 0.3) is 5.91 Å². The third-order valence-electron chi connectivity index (χ3n) is 5.11. The van der Waals surface area contributed by atoms with Crippen molar-refractivity contribution in [3.05, 3.63) is 65.2 Å². The zero-order chi connectivity index (χ0) is 21.6. The normalized spacial score (nSPS) is 15.4. The van der Waals surface area contributed by atoms with Crippen LogP contribution in [-0.2, 0) is 21.2 Å². The number of carbonyl (C=O) groups excluding carboxylic acids is 1. The Morgan fingerprint density at radius 2 is 1.83 bits per heavy atom. The van der Waals surface area contributed by atoms with Crippen LogP contribution in [0.25, 0.3) is 6.08 Å². The topological polar surface area (TPSA) is 90.3 Å². The Labute approximate surface area is 177 Å². The average molecular weight is 424 g/mol. The Bertz CT molecular complexity index is 1080. The van der Waals surface area contributed by atoms with Crippen LogP contribution in [-0.4, -0.2) is 31.7 Å². The van der Waals surface area contributed by atoms with E-state index in [1.54, 1.807) is 12.1 Å². The van der Waals surface area contributed by atoms with Gasteiger partial charge in [0.05, 0.1) is 4.90 Å². The second-order valence-electron chi connectivity index (χ2n) is 7.21. The summed E-state index contributed by atoms with van der Waals surface area (Å²) in [5.41, 5.74) is 2.20. The van der Waals surface area contributed by atoms with Gasteiger partial charge in [0.15, 0.2) is 0 Å². The molecule has 1 heterocycles. The summed E-state index contributed by atoms with van der Waals surface area (Å²) in [6.45, 7) is 3.08. The first kappa shape index (κ1) is 21.8. The van der Waals surface area contributed by atoms with Crippen molar-refractivity contribution >= 4 is 27.7 Å². The monoisotopic (exact) mass is 423 g/mol. The molecule has 0 spiro atoms. The second kappa shape index (κ2) is 9.70. The molecule has 1 amide bonds. The second-order valence-corrected chi connectivity index (χ2v) is 9.15. The maximum atomic E-state index is 12.9. The lowest BCUT2D eigenvalue weighted by atomic mass is 10.1. The summed E-state index contributed by atoms with van der Waals surface area (Å²) in [4.78, 5) is 12.7. The van der Waals surface area contributed by atoms with Gasteiger partial charge in [0, 0.05) is 18.8 Å². The van der Waals surface area contributed by atoms with E-state index in [2.05, 4.69) is 12.2 Å². The van der Waals surface area contributed by atoms with E-state index < -0.39 is 15.9 Å². The molecule has 1 fully saturated rings. The number of sulfonamides is 1. The minimum atomic E-state index is -3.60. The standard InChI is InChI=1S/C23H25N3O3S/c1-2-18-9-11-19(12-10-18)15-20(17-24)23(27)25-21-7-6-8-22(16-21)30(28,29)26-13-4-3-5-14-26/h6-12,15-16H,2-5,13-14H2,1H3,(H,25,27)/b20-15+. The first-order valence-corrected chi connectivity index (χ1v) is 11.5. The summed E-state index contributed by atoms with van der Waals surface area (Å²) in [6, 6.07) is 15.7. The number of benzene rings is 2. The van der Waals surface area contributed by atoms with E-state index in [9.17, 15) is 18.5 Å². The van der Waals surface area contributed by atoms with Gasteiger partial charge in [0.1, 0.15) is 11.6 Å². The highest BCUT2D eigenvalue weighted by atomic mass is 32.2.